The summed E-state index contributed by atoms with van der Waals surface area (Å²) in [5, 5.41) is 17.2. The van der Waals surface area contributed by atoms with Crippen LogP contribution in [-0.2, 0) is 16.2 Å². The van der Waals surface area contributed by atoms with Gasteiger partial charge in [0.05, 0.1) is 24.8 Å². The number of aromatic nitrogens is 5. The molecule has 1 aromatic carbocycles. The van der Waals surface area contributed by atoms with Crippen molar-refractivity contribution in [2.75, 3.05) is 18.9 Å². The molecule has 1 amide bonds. The van der Waals surface area contributed by atoms with E-state index in [2.05, 4.69) is 36.7 Å². The summed E-state index contributed by atoms with van der Waals surface area (Å²) in [6, 6.07) is 8.81. The molecule has 1 unspecified atom stereocenters. The molecule has 4 rings (SSSR count). The van der Waals surface area contributed by atoms with Gasteiger partial charge in [0.1, 0.15) is 29.9 Å². The summed E-state index contributed by atoms with van der Waals surface area (Å²) < 4.78 is 11.3. The molecule has 0 spiro atoms. The van der Waals surface area contributed by atoms with Crippen LogP contribution in [0.5, 0.6) is 5.88 Å². The maximum absolute atomic E-state index is 12.9. The average Bonchev–Trinajstić information content (AvgIpc) is 3.51. The molecule has 1 fully saturated rings. The molecule has 1 atom stereocenters. The van der Waals surface area contributed by atoms with E-state index in [0.29, 0.717) is 42.4 Å². The van der Waals surface area contributed by atoms with Crippen molar-refractivity contribution in [2.45, 2.75) is 38.9 Å². The van der Waals surface area contributed by atoms with Gasteiger partial charge < -0.3 is 20.2 Å². The second-order valence-electron chi connectivity index (χ2n) is 7.94. The van der Waals surface area contributed by atoms with Gasteiger partial charge in [-0.15, -0.1) is 10.2 Å². The van der Waals surface area contributed by atoms with E-state index in [9.17, 15) is 10.1 Å². The average molecular weight is 464 g/mol. The summed E-state index contributed by atoms with van der Waals surface area (Å²) in [6.45, 7) is 4.84. The topological polar surface area (TPSA) is 174 Å². The number of carbonyl (C=O) groups is 1. The Labute approximate surface area is 195 Å². The Kier molecular flexibility index (Phi) is 6.95. The Morgan fingerprint density at radius 3 is 2.94 bits per heavy atom. The normalized spacial score (nSPS) is 15.3. The van der Waals surface area contributed by atoms with Crippen molar-refractivity contribution in [3.8, 4) is 23.3 Å². The van der Waals surface area contributed by atoms with Crippen LogP contribution >= 0.6 is 0 Å². The van der Waals surface area contributed by atoms with Crippen LogP contribution in [0.15, 0.2) is 24.3 Å². The highest BCUT2D eigenvalue weighted by molar-refractivity contribution is 6.00. The Bertz CT molecular complexity index is 1210. The third-order valence-corrected chi connectivity index (χ3v) is 5.02. The molecule has 0 radical (unpaired) electrons. The van der Waals surface area contributed by atoms with Gasteiger partial charge in [-0.25, -0.2) is 10.5 Å². The fourth-order valence-corrected chi connectivity index (χ4v) is 3.23. The number of nitrogen functional groups attached to an aromatic ring is 1. The summed E-state index contributed by atoms with van der Waals surface area (Å²) in [4.78, 5) is 29.9. The lowest BCUT2D eigenvalue weighted by Crippen LogP contribution is -2.28. The zero-order valence-corrected chi connectivity index (χ0v) is 18.7. The van der Waals surface area contributed by atoms with Crippen LogP contribution in [0.3, 0.4) is 0 Å². The second-order valence-corrected chi connectivity index (χ2v) is 7.94. The van der Waals surface area contributed by atoms with E-state index in [1.165, 1.54) is 0 Å². The number of nitriles is 1. The molecule has 1 aliphatic heterocycles. The molecule has 34 heavy (non-hydrogen) atoms. The lowest BCUT2D eigenvalue weighted by Gasteiger charge is -2.16. The number of ether oxygens (including phenoxy) is 2. The molecule has 176 valence electrons. The fraction of sp³-hybridized carbons (Fsp3) is 0.364. The minimum Gasteiger partial charge on any atom is -0.471 e. The van der Waals surface area contributed by atoms with Crippen LogP contribution in [0.25, 0.3) is 11.4 Å². The van der Waals surface area contributed by atoms with Crippen LogP contribution in [0.4, 0.5) is 5.82 Å². The van der Waals surface area contributed by atoms with Crippen molar-refractivity contribution < 1.29 is 19.1 Å². The van der Waals surface area contributed by atoms with Crippen LogP contribution in [-0.4, -0.2) is 50.4 Å². The molecular weight excluding hydrogens is 440 g/mol. The number of hydrogen-bond donors (Lipinski definition) is 3. The van der Waals surface area contributed by atoms with Crippen molar-refractivity contribution in [1.82, 2.24) is 30.6 Å². The molecule has 12 heteroatoms. The van der Waals surface area contributed by atoms with E-state index in [4.69, 9.17) is 20.0 Å². The highest BCUT2D eigenvalue weighted by atomic mass is 16.7. The molecule has 12 nitrogen and oxygen atoms in total. The SMILES string of the molecule is CC(C)c1nnc(CONC(=O)c2c(N)nc(-c3cccc(C#N)c3)nc2OC2CCOC2)[nH]1. The molecule has 2 aromatic heterocycles. The summed E-state index contributed by atoms with van der Waals surface area (Å²) in [6.07, 6.45) is 0.355. The first-order valence-corrected chi connectivity index (χ1v) is 10.7. The third kappa shape index (κ3) is 5.28. The minimum atomic E-state index is -0.674. The summed E-state index contributed by atoms with van der Waals surface area (Å²) in [5.74, 6) is 0.816. The highest BCUT2D eigenvalue weighted by Crippen LogP contribution is 2.28. The van der Waals surface area contributed by atoms with Crippen molar-refractivity contribution in [1.29, 1.82) is 5.26 Å². The number of rotatable bonds is 8. The number of aromatic amines is 1. The number of H-pyrrole nitrogens is 1. The number of hydroxylamine groups is 1. The summed E-state index contributed by atoms with van der Waals surface area (Å²) >= 11 is 0. The van der Waals surface area contributed by atoms with Crippen LogP contribution in [0.1, 0.15) is 53.8 Å². The van der Waals surface area contributed by atoms with Gasteiger partial charge in [-0.05, 0) is 12.1 Å². The molecule has 0 saturated carbocycles. The quantitative estimate of drug-likeness (QED) is 0.417. The van der Waals surface area contributed by atoms with E-state index < -0.39 is 5.91 Å². The second kappa shape index (κ2) is 10.2. The first-order chi connectivity index (χ1) is 16.4. The highest BCUT2D eigenvalue weighted by Gasteiger charge is 2.26. The maximum atomic E-state index is 12.9. The number of hydrogen-bond acceptors (Lipinski definition) is 10. The van der Waals surface area contributed by atoms with E-state index in [1.807, 2.05) is 13.8 Å². The molecule has 4 N–H and O–H groups in total. The zero-order valence-electron chi connectivity index (χ0n) is 18.7. The predicted octanol–water partition coefficient (Wildman–Crippen LogP) is 1.87. The van der Waals surface area contributed by atoms with Crippen molar-refractivity contribution in [2.24, 2.45) is 0 Å². The number of amides is 1. The fourth-order valence-electron chi connectivity index (χ4n) is 3.23. The van der Waals surface area contributed by atoms with Gasteiger partial charge in [0.25, 0.3) is 5.91 Å². The third-order valence-electron chi connectivity index (χ3n) is 5.02. The Hall–Kier alpha value is -4.08. The van der Waals surface area contributed by atoms with E-state index in [1.54, 1.807) is 24.3 Å². The van der Waals surface area contributed by atoms with Gasteiger partial charge in [-0.2, -0.15) is 10.2 Å². The molecule has 1 saturated heterocycles. The van der Waals surface area contributed by atoms with Gasteiger partial charge in [0, 0.05) is 17.9 Å². The zero-order chi connectivity index (χ0) is 24.1. The largest absolute Gasteiger partial charge is 0.471 e. The van der Waals surface area contributed by atoms with Crippen molar-refractivity contribution >= 4 is 11.7 Å². The summed E-state index contributed by atoms with van der Waals surface area (Å²) in [7, 11) is 0. The van der Waals surface area contributed by atoms with Crippen LogP contribution < -0.4 is 16.0 Å². The Balaban J connectivity index is 1.56. The molecule has 3 heterocycles. The predicted molar refractivity (Wildman–Crippen MR) is 119 cm³/mol. The van der Waals surface area contributed by atoms with Gasteiger partial charge in [-0.3, -0.25) is 9.63 Å². The number of benzene rings is 1. The van der Waals surface area contributed by atoms with Gasteiger partial charge in [-0.1, -0.05) is 26.0 Å². The molecule has 0 bridgehead atoms. The lowest BCUT2D eigenvalue weighted by molar-refractivity contribution is 0.0205. The molecule has 3 aromatic rings. The van der Waals surface area contributed by atoms with Crippen LogP contribution in [0.2, 0.25) is 0 Å². The number of nitrogens with zero attached hydrogens (tertiary/aromatic N) is 5. The molecular formula is C22H24N8O4. The monoisotopic (exact) mass is 464 g/mol. The number of nitrogens with one attached hydrogen (secondary N) is 2. The van der Waals surface area contributed by atoms with Crippen LogP contribution in [0, 0.1) is 11.3 Å². The van der Waals surface area contributed by atoms with Gasteiger partial charge >= 0.3 is 0 Å². The first kappa shape index (κ1) is 23.1. The number of nitrogens with two attached hydrogens (primary N) is 1. The standard InChI is InChI=1S/C22H24N8O4/c1-12(2)19-25-16(28-29-19)11-33-30-21(31)17-18(24)26-20(14-5-3-4-13(8-14)9-23)27-22(17)34-15-6-7-32-10-15/h3-5,8,12,15H,6-7,10-11H2,1-2H3,(H,30,31)(H2,24,26,27)(H,25,28,29). The van der Waals surface area contributed by atoms with Crippen molar-refractivity contribution in [3.05, 3.63) is 47.0 Å². The van der Waals surface area contributed by atoms with Gasteiger partial charge in [0.15, 0.2) is 11.6 Å². The molecule has 1 aliphatic rings. The lowest BCUT2D eigenvalue weighted by atomic mass is 10.1. The van der Waals surface area contributed by atoms with Crippen molar-refractivity contribution in [3.63, 3.8) is 0 Å². The Morgan fingerprint density at radius 1 is 1.38 bits per heavy atom. The van der Waals surface area contributed by atoms with E-state index >= 15 is 0 Å². The number of carbonyl (C=O) groups excluding carboxylic acids is 1. The number of anilines is 1. The van der Waals surface area contributed by atoms with Gasteiger partial charge in [0.2, 0.25) is 5.88 Å². The van der Waals surface area contributed by atoms with E-state index in [-0.39, 0.29) is 41.7 Å². The smallest absolute Gasteiger partial charge is 0.284 e. The van der Waals surface area contributed by atoms with E-state index in [0.717, 1.165) is 0 Å². The molecule has 0 aliphatic carbocycles. The maximum Gasteiger partial charge on any atom is 0.284 e. The first-order valence-electron chi connectivity index (χ1n) is 10.7. The summed E-state index contributed by atoms with van der Waals surface area (Å²) in [5.41, 5.74) is 9.42. The minimum absolute atomic E-state index is 0.00298. The Morgan fingerprint density at radius 2 is 2.24 bits per heavy atom.